The predicted molar refractivity (Wildman–Crippen MR) is 85.8 cm³/mol. The Morgan fingerprint density at radius 2 is 1.95 bits per heavy atom. The lowest BCUT2D eigenvalue weighted by Crippen LogP contribution is -2.12. The van der Waals surface area contributed by atoms with Gasteiger partial charge >= 0.3 is 0 Å². The molecule has 0 fully saturated rings. The Balaban J connectivity index is 2.23. The standard InChI is InChI=1S/C14H11BrClNOS/c15-10-5-2-1-4-9(10)8-18-12-7-3-6-11(16)13(12)14(17)19/h1-7H,8H2,(H2,17,19). The molecule has 0 bridgehead atoms. The number of ether oxygens (including phenoxy) is 1. The normalized spacial score (nSPS) is 10.2. The monoisotopic (exact) mass is 355 g/mol. The average Bonchev–Trinajstić information content (AvgIpc) is 2.37. The molecule has 0 heterocycles. The fourth-order valence-electron chi connectivity index (χ4n) is 1.63. The fraction of sp³-hybridized carbons (Fsp3) is 0.0714. The maximum absolute atomic E-state index is 6.08. The Morgan fingerprint density at radius 1 is 1.21 bits per heavy atom. The molecule has 98 valence electrons. The number of nitrogens with two attached hydrogens (primary N) is 1. The van der Waals surface area contributed by atoms with Gasteiger partial charge in [-0.1, -0.05) is 64.0 Å². The van der Waals surface area contributed by atoms with E-state index >= 15 is 0 Å². The summed E-state index contributed by atoms with van der Waals surface area (Å²) >= 11 is 14.6. The van der Waals surface area contributed by atoms with Crippen LogP contribution in [0.1, 0.15) is 11.1 Å². The third-order valence-corrected chi connectivity index (χ3v) is 3.86. The van der Waals surface area contributed by atoms with Crippen molar-refractivity contribution in [3.05, 3.63) is 63.1 Å². The maximum Gasteiger partial charge on any atom is 0.131 e. The molecule has 0 saturated heterocycles. The second-order valence-electron chi connectivity index (χ2n) is 3.86. The van der Waals surface area contributed by atoms with Crippen LogP contribution in [0.2, 0.25) is 5.02 Å². The van der Waals surface area contributed by atoms with E-state index < -0.39 is 0 Å². The Morgan fingerprint density at radius 3 is 2.63 bits per heavy atom. The second-order valence-corrected chi connectivity index (χ2v) is 5.56. The van der Waals surface area contributed by atoms with Crippen molar-refractivity contribution in [2.45, 2.75) is 6.61 Å². The molecule has 0 atom stereocenters. The number of hydrogen-bond donors (Lipinski definition) is 1. The van der Waals surface area contributed by atoms with Crippen molar-refractivity contribution in [3.8, 4) is 5.75 Å². The van der Waals surface area contributed by atoms with Crippen LogP contribution in [-0.2, 0) is 6.61 Å². The molecule has 0 unspecified atom stereocenters. The van der Waals surface area contributed by atoms with Crippen LogP contribution >= 0.6 is 39.7 Å². The molecule has 19 heavy (non-hydrogen) atoms. The van der Waals surface area contributed by atoms with Crippen LogP contribution in [0.15, 0.2) is 46.9 Å². The minimum absolute atomic E-state index is 0.229. The summed E-state index contributed by atoms with van der Waals surface area (Å²) in [4.78, 5) is 0.229. The molecule has 0 aromatic heterocycles. The summed E-state index contributed by atoms with van der Waals surface area (Å²) in [5, 5.41) is 0.497. The zero-order valence-electron chi connectivity index (χ0n) is 9.90. The van der Waals surface area contributed by atoms with Gasteiger partial charge in [-0.3, -0.25) is 0 Å². The molecular weight excluding hydrogens is 346 g/mol. The van der Waals surface area contributed by atoms with Crippen molar-refractivity contribution in [1.29, 1.82) is 0 Å². The average molecular weight is 357 g/mol. The molecule has 0 spiro atoms. The van der Waals surface area contributed by atoms with Crippen LogP contribution in [0.4, 0.5) is 0 Å². The Bertz CT molecular complexity index is 618. The molecule has 0 saturated carbocycles. The minimum atomic E-state index is 0.229. The quantitative estimate of drug-likeness (QED) is 0.829. The Labute approximate surface area is 130 Å². The number of hydrogen-bond acceptors (Lipinski definition) is 2. The SMILES string of the molecule is NC(=S)c1c(Cl)cccc1OCc1ccccc1Br. The van der Waals surface area contributed by atoms with Crippen LogP contribution in [0.5, 0.6) is 5.75 Å². The summed E-state index contributed by atoms with van der Waals surface area (Å²) in [7, 11) is 0. The molecule has 0 radical (unpaired) electrons. The first-order valence-corrected chi connectivity index (χ1v) is 7.12. The highest BCUT2D eigenvalue weighted by Crippen LogP contribution is 2.27. The smallest absolute Gasteiger partial charge is 0.131 e. The van der Waals surface area contributed by atoms with E-state index in [2.05, 4.69) is 15.9 Å². The zero-order chi connectivity index (χ0) is 13.8. The van der Waals surface area contributed by atoms with E-state index in [1.165, 1.54) is 0 Å². The third kappa shape index (κ3) is 3.47. The van der Waals surface area contributed by atoms with Crippen LogP contribution < -0.4 is 10.5 Å². The van der Waals surface area contributed by atoms with Crippen LogP contribution in [0, 0.1) is 0 Å². The van der Waals surface area contributed by atoms with Crippen molar-refractivity contribution in [3.63, 3.8) is 0 Å². The highest BCUT2D eigenvalue weighted by Gasteiger charge is 2.11. The Hall–Kier alpha value is -1.10. The van der Waals surface area contributed by atoms with E-state index in [9.17, 15) is 0 Å². The van der Waals surface area contributed by atoms with Crippen LogP contribution in [0.25, 0.3) is 0 Å². The van der Waals surface area contributed by atoms with E-state index in [0.29, 0.717) is 22.9 Å². The highest BCUT2D eigenvalue weighted by atomic mass is 79.9. The lowest BCUT2D eigenvalue weighted by molar-refractivity contribution is 0.305. The van der Waals surface area contributed by atoms with E-state index in [4.69, 9.17) is 34.3 Å². The molecule has 2 nitrogen and oxygen atoms in total. The summed E-state index contributed by atoms with van der Waals surface area (Å²) in [6, 6.07) is 13.2. The van der Waals surface area contributed by atoms with Crippen LogP contribution in [-0.4, -0.2) is 4.99 Å². The van der Waals surface area contributed by atoms with Crippen molar-refractivity contribution in [1.82, 2.24) is 0 Å². The number of halogens is 2. The Kier molecular flexibility index (Phi) is 4.80. The minimum Gasteiger partial charge on any atom is -0.488 e. The molecule has 2 aromatic rings. The van der Waals surface area contributed by atoms with Gasteiger partial charge in [-0.15, -0.1) is 0 Å². The van der Waals surface area contributed by atoms with Gasteiger partial charge in [0, 0.05) is 10.0 Å². The molecule has 0 amide bonds. The first-order chi connectivity index (χ1) is 9.09. The van der Waals surface area contributed by atoms with Gasteiger partial charge in [0.1, 0.15) is 17.3 Å². The first kappa shape index (κ1) is 14.3. The van der Waals surface area contributed by atoms with E-state index in [0.717, 1.165) is 10.0 Å². The molecule has 2 N–H and O–H groups in total. The fourth-order valence-corrected chi connectivity index (χ4v) is 2.57. The van der Waals surface area contributed by atoms with Gasteiger partial charge in [0.25, 0.3) is 0 Å². The molecule has 2 rings (SSSR count). The lowest BCUT2D eigenvalue weighted by Gasteiger charge is -2.12. The first-order valence-electron chi connectivity index (χ1n) is 5.54. The van der Waals surface area contributed by atoms with E-state index in [-0.39, 0.29) is 4.99 Å². The predicted octanol–water partition coefficient (Wildman–Crippen LogP) is 4.32. The van der Waals surface area contributed by atoms with Gasteiger partial charge in [-0.25, -0.2) is 0 Å². The number of thiocarbonyl (C=S) groups is 1. The molecule has 0 aliphatic carbocycles. The maximum atomic E-state index is 6.08. The molecule has 0 aliphatic rings. The second kappa shape index (κ2) is 6.37. The summed E-state index contributed by atoms with van der Waals surface area (Å²) in [6.07, 6.45) is 0. The highest BCUT2D eigenvalue weighted by molar-refractivity contribution is 9.10. The summed E-state index contributed by atoms with van der Waals surface area (Å²) in [5.41, 5.74) is 7.29. The van der Waals surface area contributed by atoms with Gasteiger partial charge in [-0.2, -0.15) is 0 Å². The van der Waals surface area contributed by atoms with Crippen molar-refractivity contribution < 1.29 is 4.74 Å². The van der Waals surface area contributed by atoms with Crippen molar-refractivity contribution in [2.75, 3.05) is 0 Å². The van der Waals surface area contributed by atoms with Gasteiger partial charge in [0.15, 0.2) is 0 Å². The number of benzene rings is 2. The molecule has 2 aromatic carbocycles. The van der Waals surface area contributed by atoms with Crippen molar-refractivity contribution in [2.24, 2.45) is 5.73 Å². The topological polar surface area (TPSA) is 35.2 Å². The van der Waals surface area contributed by atoms with E-state index in [1.54, 1.807) is 18.2 Å². The van der Waals surface area contributed by atoms with Gasteiger partial charge in [0.05, 0.1) is 10.6 Å². The summed E-state index contributed by atoms with van der Waals surface area (Å²) < 4.78 is 6.76. The summed E-state index contributed by atoms with van der Waals surface area (Å²) in [5.74, 6) is 0.593. The van der Waals surface area contributed by atoms with Gasteiger partial charge in [0.2, 0.25) is 0 Å². The largest absolute Gasteiger partial charge is 0.488 e. The van der Waals surface area contributed by atoms with Gasteiger partial charge in [-0.05, 0) is 18.2 Å². The molecule has 0 aliphatic heterocycles. The molecule has 5 heteroatoms. The third-order valence-electron chi connectivity index (χ3n) is 2.56. The van der Waals surface area contributed by atoms with Crippen molar-refractivity contribution >= 4 is 44.7 Å². The van der Waals surface area contributed by atoms with E-state index in [1.807, 2.05) is 24.3 Å². The van der Waals surface area contributed by atoms with Gasteiger partial charge < -0.3 is 10.5 Å². The zero-order valence-corrected chi connectivity index (χ0v) is 13.1. The molecular formula is C14H11BrClNOS. The van der Waals surface area contributed by atoms with Crippen LogP contribution in [0.3, 0.4) is 0 Å². The lowest BCUT2D eigenvalue weighted by atomic mass is 10.2. The number of rotatable bonds is 4. The summed E-state index contributed by atoms with van der Waals surface area (Å²) in [6.45, 7) is 0.414.